The number of hydrogen-bond donors (Lipinski definition) is 1. The number of rotatable bonds is 6. The zero-order chi connectivity index (χ0) is 19.8. The van der Waals surface area contributed by atoms with Crippen molar-refractivity contribution in [1.29, 1.82) is 5.26 Å². The first kappa shape index (κ1) is 19.7. The molecule has 138 valence electrons. The van der Waals surface area contributed by atoms with Crippen LogP contribution in [0, 0.1) is 17.1 Å². The van der Waals surface area contributed by atoms with Gasteiger partial charge in [-0.3, -0.25) is 4.79 Å². The van der Waals surface area contributed by atoms with E-state index in [2.05, 4.69) is 5.32 Å². The Balaban J connectivity index is 2.01. The van der Waals surface area contributed by atoms with Crippen LogP contribution in [0.5, 0.6) is 5.75 Å². The molecule has 0 spiro atoms. The molecule has 1 amide bonds. The summed E-state index contributed by atoms with van der Waals surface area (Å²) in [6.45, 7) is 1.37. The minimum atomic E-state index is -1.14. The molecule has 2 rings (SSSR count). The summed E-state index contributed by atoms with van der Waals surface area (Å²) < 4.78 is 23.0. The zero-order valence-corrected chi connectivity index (χ0v) is 14.7. The molecule has 0 fully saturated rings. The quantitative estimate of drug-likeness (QED) is 0.480. The van der Waals surface area contributed by atoms with E-state index < -0.39 is 23.8 Å². The number of carbonyl (C=O) groups excluding carboxylic acids is 2. The highest BCUT2D eigenvalue weighted by Gasteiger charge is 2.20. The molecule has 2 aromatic rings. The Labute approximate surface area is 155 Å². The van der Waals surface area contributed by atoms with Crippen LogP contribution in [-0.2, 0) is 14.3 Å². The molecule has 6 nitrogen and oxygen atoms in total. The number of halogens is 1. The van der Waals surface area contributed by atoms with Crippen molar-refractivity contribution in [3.63, 3.8) is 0 Å². The van der Waals surface area contributed by atoms with Crippen molar-refractivity contribution in [1.82, 2.24) is 0 Å². The normalized spacial score (nSPS) is 11.9. The number of methoxy groups -OCH3 is 1. The molecule has 2 aromatic carbocycles. The van der Waals surface area contributed by atoms with E-state index in [1.54, 1.807) is 30.3 Å². The molecule has 0 aliphatic rings. The van der Waals surface area contributed by atoms with Crippen molar-refractivity contribution in [3.8, 4) is 11.8 Å². The molecule has 0 radical (unpaired) electrons. The van der Waals surface area contributed by atoms with Gasteiger partial charge in [-0.2, -0.15) is 5.26 Å². The number of hydrogen-bond acceptors (Lipinski definition) is 5. The summed E-state index contributed by atoms with van der Waals surface area (Å²) in [5.74, 6) is -1.32. The maximum absolute atomic E-state index is 12.9. The fraction of sp³-hybridized carbons (Fsp3) is 0.150. The van der Waals surface area contributed by atoms with Crippen LogP contribution in [0.3, 0.4) is 0 Å². The number of benzene rings is 2. The van der Waals surface area contributed by atoms with Crippen LogP contribution in [0.2, 0.25) is 0 Å². The highest BCUT2D eigenvalue weighted by Crippen LogP contribution is 2.15. The highest BCUT2D eigenvalue weighted by molar-refractivity contribution is 6.01. The van der Waals surface area contributed by atoms with Crippen molar-refractivity contribution in [2.24, 2.45) is 0 Å². The summed E-state index contributed by atoms with van der Waals surface area (Å²) in [6.07, 6.45) is 0.210. The molecule has 0 saturated carbocycles. The van der Waals surface area contributed by atoms with Crippen molar-refractivity contribution in [3.05, 3.63) is 65.5 Å². The van der Waals surface area contributed by atoms with Crippen molar-refractivity contribution >= 4 is 23.6 Å². The summed E-state index contributed by atoms with van der Waals surface area (Å²) in [5, 5.41) is 11.7. The van der Waals surface area contributed by atoms with E-state index in [1.165, 1.54) is 44.4 Å². The van der Waals surface area contributed by atoms with Crippen LogP contribution < -0.4 is 10.1 Å². The van der Waals surface area contributed by atoms with E-state index >= 15 is 0 Å². The molecule has 27 heavy (non-hydrogen) atoms. The van der Waals surface area contributed by atoms with Gasteiger partial charge in [-0.1, -0.05) is 12.1 Å². The predicted molar refractivity (Wildman–Crippen MR) is 97.2 cm³/mol. The molecule has 0 saturated heterocycles. The van der Waals surface area contributed by atoms with Crippen LogP contribution in [0.1, 0.15) is 12.5 Å². The summed E-state index contributed by atoms with van der Waals surface area (Å²) in [7, 11) is 1.53. The van der Waals surface area contributed by atoms with Gasteiger partial charge in [-0.05, 0) is 55.0 Å². The van der Waals surface area contributed by atoms with Gasteiger partial charge in [0.1, 0.15) is 23.2 Å². The lowest BCUT2D eigenvalue weighted by atomic mass is 10.1. The number of ether oxygens (including phenoxy) is 2. The molecule has 1 atom stereocenters. The number of nitriles is 1. The standard InChI is InChI=1S/C20H17FN2O4/c1-13(19(24)23-17-7-5-16(21)6-8-17)27-20(25)15(12-22)11-14-3-9-18(26-2)10-4-14/h3-11,13H,1-2H3,(H,23,24)/b15-11+/t13-/m1/s1. The molecule has 7 heteroatoms. The van der Waals surface area contributed by atoms with Crippen LogP contribution in [0.15, 0.2) is 54.1 Å². The van der Waals surface area contributed by atoms with Gasteiger partial charge in [0.2, 0.25) is 0 Å². The number of carbonyl (C=O) groups is 2. The minimum Gasteiger partial charge on any atom is -0.497 e. The number of anilines is 1. The largest absolute Gasteiger partial charge is 0.497 e. The lowest BCUT2D eigenvalue weighted by Crippen LogP contribution is -2.30. The molecule has 0 heterocycles. The first-order valence-electron chi connectivity index (χ1n) is 7.96. The lowest BCUT2D eigenvalue weighted by Gasteiger charge is -2.13. The van der Waals surface area contributed by atoms with E-state index in [-0.39, 0.29) is 5.57 Å². The van der Waals surface area contributed by atoms with Gasteiger partial charge in [0.25, 0.3) is 5.91 Å². The van der Waals surface area contributed by atoms with Gasteiger partial charge < -0.3 is 14.8 Å². The van der Waals surface area contributed by atoms with Crippen molar-refractivity contribution < 1.29 is 23.5 Å². The Hall–Kier alpha value is -3.66. The zero-order valence-electron chi connectivity index (χ0n) is 14.7. The second-order valence-corrected chi connectivity index (χ2v) is 5.49. The first-order chi connectivity index (χ1) is 12.9. The fourth-order valence-electron chi connectivity index (χ4n) is 2.06. The predicted octanol–water partition coefficient (Wildman–Crippen LogP) is 3.31. The Morgan fingerprint density at radius 3 is 2.33 bits per heavy atom. The number of nitrogens with zero attached hydrogens (tertiary/aromatic N) is 1. The first-order valence-corrected chi connectivity index (χ1v) is 7.96. The molecule has 1 N–H and O–H groups in total. The molecule has 0 aliphatic carbocycles. The molecule has 0 aliphatic heterocycles. The third kappa shape index (κ3) is 5.68. The van der Waals surface area contributed by atoms with Gasteiger partial charge in [0.05, 0.1) is 7.11 Å². The molecule has 0 aromatic heterocycles. The smallest absolute Gasteiger partial charge is 0.349 e. The monoisotopic (exact) mass is 368 g/mol. The van der Waals surface area contributed by atoms with E-state index in [1.807, 2.05) is 0 Å². The average Bonchev–Trinajstić information content (AvgIpc) is 2.68. The van der Waals surface area contributed by atoms with E-state index in [9.17, 15) is 19.2 Å². The maximum Gasteiger partial charge on any atom is 0.349 e. The Kier molecular flexibility index (Phi) is 6.67. The SMILES string of the molecule is COc1ccc(/C=C(\C#N)C(=O)O[C@H](C)C(=O)Nc2ccc(F)cc2)cc1. The van der Waals surface area contributed by atoms with E-state index in [0.29, 0.717) is 17.0 Å². The van der Waals surface area contributed by atoms with Crippen LogP contribution in [-0.4, -0.2) is 25.1 Å². The van der Waals surface area contributed by atoms with Gasteiger partial charge in [0, 0.05) is 5.69 Å². The van der Waals surface area contributed by atoms with Gasteiger partial charge >= 0.3 is 5.97 Å². The van der Waals surface area contributed by atoms with Gasteiger partial charge in [0.15, 0.2) is 6.10 Å². The lowest BCUT2D eigenvalue weighted by molar-refractivity contribution is -0.148. The van der Waals surface area contributed by atoms with Crippen LogP contribution in [0.4, 0.5) is 10.1 Å². The number of amides is 1. The van der Waals surface area contributed by atoms with Crippen LogP contribution in [0.25, 0.3) is 6.08 Å². The molecular formula is C20H17FN2O4. The topological polar surface area (TPSA) is 88.4 Å². The summed E-state index contributed by atoms with van der Waals surface area (Å²) in [6, 6.07) is 13.6. The average molecular weight is 368 g/mol. The summed E-state index contributed by atoms with van der Waals surface area (Å²) in [4.78, 5) is 24.2. The Morgan fingerprint density at radius 1 is 1.15 bits per heavy atom. The second kappa shape index (κ2) is 9.15. The van der Waals surface area contributed by atoms with Crippen LogP contribution >= 0.6 is 0 Å². The fourth-order valence-corrected chi connectivity index (χ4v) is 2.06. The van der Waals surface area contributed by atoms with Crippen molar-refractivity contribution in [2.75, 3.05) is 12.4 Å². The van der Waals surface area contributed by atoms with Gasteiger partial charge in [-0.25, -0.2) is 9.18 Å². The number of esters is 1. The third-order valence-electron chi connectivity index (χ3n) is 3.53. The van der Waals surface area contributed by atoms with Crippen molar-refractivity contribution in [2.45, 2.75) is 13.0 Å². The highest BCUT2D eigenvalue weighted by atomic mass is 19.1. The molecular weight excluding hydrogens is 351 g/mol. The third-order valence-corrected chi connectivity index (χ3v) is 3.53. The Morgan fingerprint density at radius 2 is 1.78 bits per heavy atom. The second-order valence-electron chi connectivity index (χ2n) is 5.49. The summed E-state index contributed by atoms with van der Waals surface area (Å²) >= 11 is 0. The van der Waals surface area contributed by atoms with E-state index in [4.69, 9.17) is 9.47 Å². The maximum atomic E-state index is 12.9. The molecule has 0 unspecified atom stereocenters. The molecule has 0 bridgehead atoms. The minimum absolute atomic E-state index is 0.249. The van der Waals surface area contributed by atoms with E-state index in [0.717, 1.165) is 0 Å². The summed E-state index contributed by atoms with van der Waals surface area (Å²) in [5.41, 5.74) is 0.716. The Bertz CT molecular complexity index is 884. The number of nitrogens with one attached hydrogen (secondary N) is 1. The van der Waals surface area contributed by atoms with Gasteiger partial charge in [-0.15, -0.1) is 0 Å².